The van der Waals surface area contributed by atoms with Gasteiger partial charge in [-0.15, -0.1) is 0 Å². The van der Waals surface area contributed by atoms with Gasteiger partial charge in [-0.3, -0.25) is 5.32 Å². The number of fused-ring (bicyclic) bond motifs is 1. The Morgan fingerprint density at radius 3 is 2.29 bits per heavy atom. The molecule has 1 aliphatic rings. The number of imidazole rings is 1. The number of benzene rings is 3. The van der Waals surface area contributed by atoms with Crippen LogP contribution in [-0.4, -0.2) is 96.4 Å². The summed E-state index contributed by atoms with van der Waals surface area (Å²) in [5.74, 6) is 0.376. The van der Waals surface area contributed by atoms with Gasteiger partial charge >= 0.3 is 6.09 Å². The molecule has 0 aliphatic carbocycles. The van der Waals surface area contributed by atoms with E-state index in [1.54, 1.807) is 32.0 Å². The van der Waals surface area contributed by atoms with Crippen LogP contribution in [0.3, 0.4) is 0 Å². The number of likely N-dealkylation sites (tertiary alicyclic amines) is 1. The summed E-state index contributed by atoms with van der Waals surface area (Å²) in [5, 5.41) is 24.8. The standard InChI is InChI=1S/C36H48N6O5S/c1-26(2)34(37-25-33(43)32(40-36(44)45)23-28-13-7-4-8-14-28)48(46,47)29-15-16-30-31(24-29)39-35(38-30)42(22-21-41-18-9-10-19-41)20-17-27-11-5-3-6-12-27/h3-8,11-16,24,26,32-34,37,40,43H,9-10,17-23,25H2,1-2H3,(H,38,39)(H,44,45)/t32-,33+,34?/m0/s1. The molecule has 2 heterocycles. The van der Waals surface area contributed by atoms with Crippen molar-refractivity contribution in [3.05, 3.63) is 90.0 Å². The third kappa shape index (κ3) is 9.34. The van der Waals surface area contributed by atoms with Crippen LogP contribution < -0.4 is 15.5 Å². The Kier molecular flexibility index (Phi) is 12.1. The quantitative estimate of drug-likeness (QED) is 0.110. The average Bonchev–Trinajstić information content (AvgIpc) is 3.75. The zero-order valence-corrected chi connectivity index (χ0v) is 28.6. The molecule has 1 fully saturated rings. The van der Waals surface area contributed by atoms with Gasteiger partial charge in [0.1, 0.15) is 5.37 Å². The highest BCUT2D eigenvalue weighted by Gasteiger charge is 2.32. The fourth-order valence-electron chi connectivity index (χ4n) is 6.34. The smallest absolute Gasteiger partial charge is 0.404 e. The van der Waals surface area contributed by atoms with E-state index in [1.807, 2.05) is 48.5 Å². The molecule has 3 atom stereocenters. The molecular weight excluding hydrogens is 628 g/mol. The average molecular weight is 677 g/mol. The lowest BCUT2D eigenvalue weighted by Gasteiger charge is -2.27. The Morgan fingerprint density at radius 1 is 0.979 bits per heavy atom. The normalized spacial score (nSPS) is 15.8. The number of amides is 1. The Bertz CT molecular complexity index is 1710. The third-order valence-electron chi connectivity index (χ3n) is 9.01. The molecule has 258 valence electrons. The number of aliphatic hydroxyl groups excluding tert-OH is 1. The first-order valence-corrected chi connectivity index (χ1v) is 18.3. The van der Waals surface area contributed by atoms with E-state index in [4.69, 9.17) is 4.98 Å². The molecule has 11 nitrogen and oxygen atoms in total. The number of hydrogen-bond acceptors (Lipinski definition) is 8. The highest BCUT2D eigenvalue weighted by molar-refractivity contribution is 7.92. The first-order valence-electron chi connectivity index (χ1n) is 16.8. The first kappa shape index (κ1) is 35.3. The van der Waals surface area contributed by atoms with Crippen molar-refractivity contribution < 1.29 is 23.4 Å². The van der Waals surface area contributed by atoms with Crippen LogP contribution in [0.25, 0.3) is 11.0 Å². The number of aliphatic hydroxyl groups is 1. The lowest BCUT2D eigenvalue weighted by molar-refractivity contribution is 0.116. The van der Waals surface area contributed by atoms with E-state index < -0.39 is 33.5 Å². The number of H-pyrrole nitrogens is 1. The predicted molar refractivity (Wildman–Crippen MR) is 189 cm³/mol. The second-order valence-electron chi connectivity index (χ2n) is 12.9. The fraction of sp³-hybridized carbons (Fsp3) is 0.444. The second kappa shape index (κ2) is 16.4. The summed E-state index contributed by atoms with van der Waals surface area (Å²) in [6.07, 6.45) is 1.14. The van der Waals surface area contributed by atoms with Crippen LogP contribution >= 0.6 is 0 Å². The highest BCUT2D eigenvalue weighted by Crippen LogP contribution is 2.26. The summed E-state index contributed by atoms with van der Waals surface area (Å²) in [4.78, 5) is 24.6. The first-order chi connectivity index (χ1) is 23.1. The molecule has 1 saturated heterocycles. The van der Waals surface area contributed by atoms with Gasteiger partial charge in [-0.05, 0) is 74.0 Å². The van der Waals surface area contributed by atoms with Crippen LogP contribution in [0.2, 0.25) is 0 Å². The van der Waals surface area contributed by atoms with Gasteiger partial charge in [0.25, 0.3) is 0 Å². The van der Waals surface area contributed by atoms with E-state index in [2.05, 4.69) is 37.6 Å². The van der Waals surface area contributed by atoms with E-state index in [0.29, 0.717) is 17.0 Å². The summed E-state index contributed by atoms with van der Waals surface area (Å²) in [5.41, 5.74) is 3.41. The van der Waals surface area contributed by atoms with Crippen LogP contribution in [-0.2, 0) is 22.7 Å². The topological polar surface area (TPSA) is 151 Å². The van der Waals surface area contributed by atoms with Crippen molar-refractivity contribution in [1.82, 2.24) is 25.5 Å². The molecule has 5 rings (SSSR count). The van der Waals surface area contributed by atoms with Gasteiger partial charge in [-0.25, -0.2) is 18.2 Å². The van der Waals surface area contributed by atoms with Gasteiger partial charge in [-0.1, -0.05) is 74.5 Å². The van der Waals surface area contributed by atoms with Crippen LogP contribution in [0.5, 0.6) is 0 Å². The van der Waals surface area contributed by atoms with Gasteiger partial charge in [0.05, 0.1) is 28.1 Å². The SMILES string of the molecule is CC(C)C(NC[C@@H](O)[C@H](Cc1ccccc1)NC(=O)O)S(=O)(=O)c1ccc2nc(N(CCc3ccccc3)CCN3CCCC3)[nH]c2c1. The molecule has 0 spiro atoms. The molecule has 12 heteroatoms. The summed E-state index contributed by atoms with van der Waals surface area (Å²) in [7, 11) is -3.90. The maximum Gasteiger partial charge on any atom is 0.404 e. The molecule has 1 aromatic heterocycles. The molecule has 0 bridgehead atoms. The van der Waals surface area contributed by atoms with E-state index >= 15 is 0 Å². The second-order valence-corrected chi connectivity index (χ2v) is 15.0. The molecular formula is C36H48N6O5S. The van der Waals surface area contributed by atoms with Crippen molar-refractivity contribution in [2.75, 3.05) is 44.2 Å². The number of aromatic nitrogens is 2. The number of aromatic amines is 1. The van der Waals surface area contributed by atoms with Crippen LogP contribution in [0.15, 0.2) is 83.8 Å². The van der Waals surface area contributed by atoms with Crippen molar-refractivity contribution in [2.45, 2.75) is 61.9 Å². The highest BCUT2D eigenvalue weighted by atomic mass is 32.2. The molecule has 48 heavy (non-hydrogen) atoms. The Balaban J connectivity index is 1.32. The van der Waals surface area contributed by atoms with Gasteiger partial charge in [0, 0.05) is 26.2 Å². The molecule has 1 unspecified atom stereocenters. The van der Waals surface area contributed by atoms with Crippen molar-refractivity contribution in [3.8, 4) is 0 Å². The minimum absolute atomic E-state index is 0.121. The molecule has 1 amide bonds. The Hall–Kier alpha value is -3.97. The number of nitrogens with one attached hydrogen (secondary N) is 3. The maximum atomic E-state index is 14.0. The molecule has 4 aromatic rings. The van der Waals surface area contributed by atoms with Crippen molar-refractivity contribution in [3.63, 3.8) is 0 Å². The summed E-state index contributed by atoms with van der Waals surface area (Å²) < 4.78 is 28.0. The number of hydrogen-bond donors (Lipinski definition) is 5. The fourth-order valence-corrected chi connectivity index (χ4v) is 8.21. The lowest BCUT2D eigenvalue weighted by Crippen LogP contribution is -2.51. The lowest BCUT2D eigenvalue weighted by atomic mass is 10.0. The van der Waals surface area contributed by atoms with Crippen molar-refractivity contribution >= 4 is 32.9 Å². The largest absolute Gasteiger partial charge is 0.465 e. The zero-order valence-electron chi connectivity index (χ0n) is 27.8. The molecule has 5 N–H and O–H groups in total. The maximum absolute atomic E-state index is 14.0. The summed E-state index contributed by atoms with van der Waals surface area (Å²) in [6.45, 7) is 8.22. The zero-order chi connectivity index (χ0) is 34.1. The monoisotopic (exact) mass is 676 g/mol. The summed E-state index contributed by atoms with van der Waals surface area (Å²) in [6, 6.07) is 23.7. The Labute approximate surface area is 283 Å². The van der Waals surface area contributed by atoms with Gasteiger partial charge < -0.3 is 30.3 Å². The number of sulfone groups is 1. The van der Waals surface area contributed by atoms with E-state index in [0.717, 1.165) is 44.7 Å². The Morgan fingerprint density at radius 2 is 1.65 bits per heavy atom. The minimum Gasteiger partial charge on any atom is -0.465 e. The molecule has 0 saturated carbocycles. The van der Waals surface area contributed by atoms with Gasteiger partial charge in [0.15, 0.2) is 9.84 Å². The van der Waals surface area contributed by atoms with Crippen LogP contribution in [0, 0.1) is 5.92 Å². The van der Waals surface area contributed by atoms with E-state index in [9.17, 15) is 23.4 Å². The van der Waals surface area contributed by atoms with E-state index in [1.165, 1.54) is 18.4 Å². The van der Waals surface area contributed by atoms with Crippen LogP contribution in [0.4, 0.5) is 10.7 Å². The number of nitrogens with zero attached hydrogens (tertiary/aromatic N) is 3. The van der Waals surface area contributed by atoms with Gasteiger partial charge in [-0.2, -0.15) is 0 Å². The predicted octanol–water partition coefficient (Wildman–Crippen LogP) is 4.29. The van der Waals surface area contributed by atoms with Crippen molar-refractivity contribution in [1.29, 1.82) is 0 Å². The van der Waals surface area contributed by atoms with Crippen LogP contribution in [0.1, 0.15) is 37.8 Å². The molecule has 3 aromatic carbocycles. The number of carbonyl (C=O) groups is 1. The third-order valence-corrected chi connectivity index (χ3v) is 11.3. The minimum atomic E-state index is -3.90. The number of rotatable bonds is 17. The van der Waals surface area contributed by atoms with Gasteiger partial charge in [0.2, 0.25) is 5.95 Å². The van der Waals surface area contributed by atoms with E-state index in [-0.39, 0.29) is 23.8 Å². The summed E-state index contributed by atoms with van der Waals surface area (Å²) >= 11 is 0. The number of anilines is 1. The van der Waals surface area contributed by atoms with Crippen molar-refractivity contribution in [2.24, 2.45) is 5.92 Å². The number of carboxylic acid groups (broad SMARTS) is 1. The molecule has 0 radical (unpaired) electrons. The molecule has 1 aliphatic heterocycles.